The summed E-state index contributed by atoms with van der Waals surface area (Å²) in [7, 11) is 1.55. The van der Waals surface area contributed by atoms with Crippen molar-refractivity contribution in [1.29, 1.82) is 0 Å². The van der Waals surface area contributed by atoms with Gasteiger partial charge in [0.15, 0.2) is 5.60 Å². The van der Waals surface area contributed by atoms with Gasteiger partial charge in [0.2, 0.25) is 6.29 Å². The third-order valence-electron chi connectivity index (χ3n) is 5.76. The molecule has 10 heteroatoms. The Bertz CT molecular complexity index is 1100. The van der Waals surface area contributed by atoms with Crippen molar-refractivity contribution >= 4 is 16.9 Å². The van der Waals surface area contributed by atoms with Crippen LogP contribution in [-0.4, -0.2) is 79.2 Å². The van der Waals surface area contributed by atoms with Crippen molar-refractivity contribution in [1.82, 2.24) is 15.3 Å². The Morgan fingerprint density at radius 2 is 1.97 bits per heavy atom. The van der Waals surface area contributed by atoms with Crippen LogP contribution in [0.3, 0.4) is 0 Å². The molecule has 1 aromatic heterocycles. The number of nitrogens with zero attached hydrogens (tertiary/aromatic N) is 1. The molecule has 5 atom stereocenters. The maximum Gasteiger partial charge on any atom is 0.253 e. The molecule has 1 heterocycles. The number of hydrogen-bond donors (Lipinski definition) is 7. The molecule has 4 rings (SSSR count). The minimum absolute atomic E-state index is 0.192. The van der Waals surface area contributed by atoms with E-state index in [4.69, 9.17) is 4.74 Å². The van der Waals surface area contributed by atoms with E-state index in [1.54, 1.807) is 31.3 Å². The van der Waals surface area contributed by atoms with Crippen LogP contribution in [0.15, 0.2) is 42.5 Å². The Morgan fingerprint density at radius 1 is 1.26 bits per heavy atom. The Morgan fingerprint density at radius 3 is 2.61 bits per heavy atom. The van der Waals surface area contributed by atoms with Crippen molar-refractivity contribution < 1.29 is 35.1 Å². The van der Waals surface area contributed by atoms with Crippen molar-refractivity contribution in [2.24, 2.45) is 5.92 Å². The number of amides is 1. The molecule has 5 unspecified atom stereocenters. The molecule has 0 bridgehead atoms. The maximum atomic E-state index is 12.0. The lowest BCUT2D eigenvalue weighted by molar-refractivity contribution is -0.332. The molecule has 0 saturated heterocycles. The monoisotopic (exact) mass is 429 g/mol. The zero-order valence-electron chi connectivity index (χ0n) is 16.6. The molecule has 164 valence electrons. The second kappa shape index (κ2) is 7.91. The van der Waals surface area contributed by atoms with Gasteiger partial charge in [0.1, 0.15) is 23.2 Å². The van der Waals surface area contributed by atoms with E-state index in [2.05, 4.69) is 15.3 Å². The van der Waals surface area contributed by atoms with Gasteiger partial charge in [-0.3, -0.25) is 4.79 Å². The molecule has 0 aliphatic heterocycles. The molecule has 10 nitrogen and oxygen atoms in total. The van der Waals surface area contributed by atoms with Crippen LogP contribution in [0.4, 0.5) is 0 Å². The molecule has 31 heavy (non-hydrogen) atoms. The summed E-state index contributed by atoms with van der Waals surface area (Å²) in [6.07, 6.45) is -4.87. The highest BCUT2D eigenvalue weighted by molar-refractivity contribution is 6.05. The van der Waals surface area contributed by atoms with Gasteiger partial charge in [-0.05, 0) is 36.4 Å². The normalized spacial score (nSPS) is 26.3. The van der Waals surface area contributed by atoms with Crippen molar-refractivity contribution in [2.45, 2.75) is 24.1 Å². The predicted molar refractivity (Wildman–Crippen MR) is 109 cm³/mol. The lowest BCUT2D eigenvalue weighted by atomic mass is 9.64. The highest BCUT2D eigenvalue weighted by atomic mass is 16.6. The van der Waals surface area contributed by atoms with E-state index in [1.165, 1.54) is 12.1 Å². The van der Waals surface area contributed by atoms with Gasteiger partial charge in [-0.1, -0.05) is 6.07 Å². The average molecular weight is 429 g/mol. The van der Waals surface area contributed by atoms with E-state index in [1.807, 2.05) is 6.07 Å². The number of benzene rings is 2. The number of imidazole rings is 1. The fourth-order valence-electron chi connectivity index (χ4n) is 3.85. The van der Waals surface area contributed by atoms with Crippen LogP contribution >= 0.6 is 0 Å². The number of rotatable bonds is 6. The topological polar surface area (TPSA) is 168 Å². The van der Waals surface area contributed by atoms with E-state index in [9.17, 15) is 30.3 Å². The lowest BCUT2D eigenvalue weighted by Crippen LogP contribution is -2.76. The van der Waals surface area contributed by atoms with E-state index in [-0.39, 0.29) is 11.7 Å². The number of aromatic nitrogens is 2. The number of carbonyl (C=O) groups excluding carboxylic acids is 1. The summed E-state index contributed by atoms with van der Waals surface area (Å²) in [6.45, 7) is -0.627. The zero-order valence-corrected chi connectivity index (χ0v) is 16.6. The molecule has 3 aromatic rings. The Kier molecular flexibility index (Phi) is 5.42. The van der Waals surface area contributed by atoms with E-state index < -0.39 is 36.6 Å². The summed E-state index contributed by atoms with van der Waals surface area (Å²) in [5.74, 6) is -0.669. The standard InChI is InChI=1S/C21H23N3O7/c1-22-19(28)12-3-2-4-14-15(12)24-18(23-14)10-5-7-11(8-6-10)31-20(29)21(30)13(9-25)16(26)17(21)27/h2-8,13,16-17,20,25-27,29-30H,9H2,1H3,(H,22,28)(H,23,24). The number of aliphatic hydroxyl groups is 5. The van der Waals surface area contributed by atoms with Crippen LogP contribution in [0.25, 0.3) is 22.4 Å². The van der Waals surface area contributed by atoms with Gasteiger partial charge >= 0.3 is 0 Å². The number of para-hydroxylation sites is 1. The summed E-state index contributed by atoms with van der Waals surface area (Å²) in [4.78, 5) is 19.7. The Labute approximate surface area is 176 Å². The SMILES string of the molecule is CNC(=O)c1cccc2[nH]c(-c3ccc(OC(O)C4(O)C(O)C(O)C4CO)cc3)nc12. The molecular formula is C21H23N3O7. The summed E-state index contributed by atoms with van der Waals surface area (Å²) in [5.41, 5.74) is 0.163. The second-order valence-corrected chi connectivity index (χ2v) is 7.47. The number of fused-ring (bicyclic) bond motifs is 1. The number of aliphatic hydroxyl groups excluding tert-OH is 4. The van der Waals surface area contributed by atoms with Crippen LogP contribution in [0.1, 0.15) is 10.4 Å². The van der Waals surface area contributed by atoms with Gasteiger partial charge in [0.05, 0.1) is 23.8 Å². The number of aromatic amines is 1. The lowest BCUT2D eigenvalue weighted by Gasteiger charge is -2.53. The minimum atomic E-state index is -2.19. The molecule has 0 spiro atoms. The van der Waals surface area contributed by atoms with Crippen LogP contribution < -0.4 is 10.1 Å². The molecule has 1 aliphatic rings. The molecular weight excluding hydrogens is 406 g/mol. The maximum absolute atomic E-state index is 12.0. The summed E-state index contributed by atoms with van der Waals surface area (Å²) in [5, 5.41) is 52.0. The van der Waals surface area contributed by atoms with Gasteiger partial charge in [-0.15, -0.1) is 0 Å². The van der Waals surface area contributed by atoms with Crippen LogP contribution in [0.5, 0.6) is 5.75 Å². The van der Waals surface area contributed by atoms with Crippen molar-refractivity contribution in [3.63, 3.8) is 0 Å². The smallest absolute Gasteiger partial charge is 0.253 e. The van der Waals surface area contributed by atoms with E-state index in [0.29, 0.717) is 28.0 Å². The van der Waals surface area contributed by atoms with Gasteiger partial charge < -0.3 is 40.6 Å². The first-order chi connectivity index (χ1) is 14.8. The molecule has 1 aliphatic carbocycles. The Balaban J connectivity index is 1.54. The molecule has 2 aromatic carbocycles. The first-order valence-electron chi connectivity index (χ1n) is 9.66. The van der Waals surface area contributed by atoms with Gasteiger partial charge in [0.25, 0.3) is 5.91 Å². The van der Waals surface area contributed by atoms with E-state index >= 15 is 0 Å². The summed E-state index contributed by atoms with van der Waals surface area (Å²) in [6, 6.07) is 11.6. The molecule has 1 amide bonds. The second-order valence-electron chi connectivity index (χ2n) is 7.47. The molecule has 7 N–H and O–H groups in total. The third-order valence-corrected chi connectivity index (χ3v) is 5.76. The van der Waals surface area contributed by atoms with Crippen molar-refractivity contribution in [2.75, 3.05) is 13.7 Å². The molecule has 0 radical (unpaired) electrons. The van der Waals surface area contributed by atoms with Crippen LogP contribution in [-0.2, 0) is 0 Å². The minimum Gasteiger partial charge on any atom is -0.462 e. The highest BCUT2D eigenvalue weighted by Gasteiger charge is 2.65. The van der Waals surface area contributed by atoms with Gasteiger partial charge in [0, 0.05) is 18.5 Å². The highest BCUT2D eigenvalue weighted by Crippen LogP contribution is 2.42. The molecule has 1 saturated carbocycles. The fourth-order valence-corrected chi connectivity index (χ4v) is 3.85. The largest absolute Gasteiger partial charge is 0.462 e. The van der Waals surface area contributed by atoms with Gasteiger partial charge in [-0.25, -0.2) is 4.98 Å². The fraction of sp³-hybridized carbons (Fsp3) is 0.333. The summed E-state index contributed by atoms with van der Waals surface area (Å²) < 4.78 is 5.33. The number of H-pyrrole nitrogens is 1. The van der Waals surface area contributed by atoms with Crippen LogP contribution in [0.2, 0.25) is 0 Å². The average Bonchev–Trinajstić information content (AvgIpc) is 3.23. The first kappa shape index (κ1) is 21.2. The number of nitrogens with one attached hydrogen (secondary N) is 2. The quantitative estimate of drug-likeness (QED) is 0.254. The van der Waals surface area contributed by atoms with Crippen molar-refractivity contribution in [3.8, 4) is 17.1 Å². The number of hydrogen-bond acceptors (Lipinski definition) is 8. The number of ether oxygens (including phenoxy) is 1. The third kappa shape index (κ3) is 3.34. The predicted octanol–water partition coefficient (Wildman–Crippen LogP) is -0.638. The summed E-state index contributed by atoms with van der Waals surface area (Å²) >= 11 is 0. The number of carbonyl (C=O) groups is 1. The Hall–Kier alpha value is -3.02. The van der Waals surface area contributed by atoms with E-state index in [0.717, 1.165) is 0 Å². The van der Waals surface area contributed by atoms with Gasteiger partial charge in [-0.2, -0.15) is 0 Å². The van der Waals surface area contributed by atoms with Crippen molar-refractivity contribution in [3.05, 3.63) is 48.0 Å². The van der Waals surface area contributed by atoms with Crippen LogP contribution in [0, 0.1) is 5.92 Å². The molecule has 1 fully saturated rings. The first-order valence-corrected chi connectivity index (χ1v) is 9.66. The zero-order chi connectivity index (χ0) is 22.3.